The molecule has 4 rings (SSSR count). The van der Waals surface area contributed by atoms with Crippen LogP contribution in [0.1, 0.15) is 36.0 Å². The summed E-state index contributed by atoms with van der Waals surface area (Å²) in [6, 6.07) is 7.51. The summed E-state index contributed by atoms with van der Waals surface area (Å²) in [4.78, 5) is 27.9. The molecular formula is C21H27N3O3. The fourth-order valence-corrected chi connectivity index (χ4v) is 4.20. The van der Waals surface area contributed by atoms with E-state index in [-0.39, 0.29) is 22.9 Å². The first kappa shape index (κ1) is 18.2. The highest BCUT2D eigenvalue weighted by atomic mass is 16.5. The molecule has 144 valence electrons. The minimum Gasteiger partial charge on any atom is -0.377 e. The minimum absolute atomic E-state index is 0.120. The number of nitrogens with zero attached hydrogens (tertiary/aromatic N) is 2. The molecule has 3 heterocycles. The normalized spacial score (nSPS) is 21.6. The van der Waals surface area contributed by atoms with E-state index in [1.54, 1.807) is 12.3 Å². The van der Waals surface area contributed by atoms with E-state index in [9.17, 15) is 9.59 Å². The van der Waals surface area contributed by atoms with Gasteiger partial charge in [-0.05, 0) is 37.8 Å². The Balaban J connectivity index is 1.39. The molecule has 0 radical (unpaired) electrons. The second-order valence-electron chi connectivity index (χ2n) is 7.68. The molecule has 1 aromatic carbocycles. The average molecular weight is 369 g/mol. The van der Waals surface area contributed by atoms with Gasteiger partial charge in [0.25, 0.3) is 5.91 Å². The topological polar surface area (TPSA) is 63.6 Å². The molecule has 2 aliphatic heterocycles. The second kappa shape index (κ2) is 7.82. The standard InChI is InChI=1S/C21H27N3O3/c1-23-14-18(20(25)17-6-2-3-7-19(17)23)21(26)22-15-8-10-24(11-9-15)13-16-5-4-12-27-16/h2-3,6-7,14-16H,4-5,8-13H2,1H3,(H,22,26)/t16-/m0/s1. The third-order valence-electron chi connectivity index (χ3n) is 5.75. The Morgan fingerprint density at radius 3 is 2.74 bits per heavy atom. The Kier molecular flexibility index (Phi) is 5.27. The van der Waals surface area contributed by atoms with Crippen LogP contribution >= 0.6 is 0 Å². The maximum absolute atomic E-state index is 12.7. The van der Waals surface area contributed by atoms with Crippen molar-refractivity contribution in [3.63, 3.8) is 0 Å². The minimum atomic E-state index is -0.265. The number of carbonyl (C=O) groups is 1. The molecule has 0 spiro atoms. The Bertz CT molecular complexity index is 878. The van der Waals surface area contributed by atoms with Crippen molar-refractivity contribution in [1.82, 2.24) is 14.8 Å². The molecule has 1 atom stereocenters. The monoisotopic (exact) mass is 369 g/mol. The van der Waals surface area contributed by atoms with Crippen molar-refractivity contribution in [3.8, 4) is 0 Å². The zero-order valence-electron chi connectivity index (χ0n) is 15.8. The predicted octanol–water partition coefficient (Wildman–Crippen LogP) is 1.91. The van der Waals surface area contributed by atoms with Gasteiger partial charge in [-0.15, -0.1) is 0 Å². The van der Waals surface area contributed by atoms with Gasteiger partial charge in [-0.2, -0.15) is 0 Å². The predicted molar refractivity (Wildman–Crippen MR) is 105 cm³/mol. The van der Waals surface area contributed by atoms with Crippen molar-refractivity contribution in [1.29, 1.82) is 0 Å². The second-order valence-corrected chi connectivity index (χ2v) is 7.68. The number of amides is 1. The number of pyridine rings is 1. The molecule has 0 bridgehead atoms. The van der Waals surface area contributed by atoms with Crippen molar-refractivity contribution in [2.24, 2.45) is 7.05 Å². The molecule has 6 heteroatoms. The van der Waals surface area contributed by atoms with E-state index in [4.69, 9.17) is 4.74 Å². The number of aryl methyl sites for hydroxylation is 1. The lowest BCUT2D eigenvalue weighted by Crippen LogP contribution is -2.47. The summed E-state index contributed by atoms with van der Waals surface area (Å²) in [5, 5.41) is 3.65. The molecule has 6 nitrogen and oxygen atoms in total. The molecule has 0 saturated carbocycles. The lowest BCUT2D eigenvalue weighted by molar-refractivity contribution is 0.0612. The molecular weight excluding hydrogens is 342 g/mol. The van der Waals surface area contributed by atoms with Gasteiger partial charge in [0.15, 0.2) is 0 Å². The molecule has 1 aromatic heterocycles. The Labute approximate surface area is 159 Å². The van der Waals surface area contributed by atoms with Crippen LogP contribution in [0.3, 0.4) is 0 Å². The SMILES string of the molecule is Cn1cc(C(=O)NC2CCN(C[C@@H]3CCCO3)CC2)c(=O)c2ccccc21. The summed E-state index contributed by atoms with van der Waals surface area (Å²) in [6.45, 7) is 3.80. The quantitative estimate of drug-likeness (QED) is 0.894. The smallest absolute Gasteiger partial charge is 0.256 e. The van der Waals surface area contributed by atoms with E-state index >= 15 is 0 Å². The highest BCUT2D eigenvalue weighted by molar-refractivity contribution is 5.97. The molecule has 2 saturated heterocycles. The van der Waals surface area contributed by atoms with E-state index in [1.807, 2.05) is 29.8 Å². The Morgan fingerprint density at radius 1 is 1.22 bits per heavy atom. The first-order valence-electron chi connectivity index (χ1n) is 9.85. The van der Waals surface area contributed by atoms with Crippen LogP contribution in [0.4, 0.5) is 0 Å². The Hall–Kier alpha value is -2.18. The first-order valence-corrected chi connectivity index (χ1v) is 9.85. The van der Waals surface area contributed by atoms with E-state index in [0.717, 1.165) is 57.4 Å². The fraction of sp³-hybridized carbons (Fsp3) is 0.524. The van der Waals surface area contributed by atoms with Crippen LogP contribution in [-0.4, -0.2) is 53.8 Å². The molecule has 2 aliphatic rings. The van der Waals surface area contributed by atoms with Gasteiger partial charge in [0, 0.05) is 50.9 Å². The van der Waals surface area contributed by atoms with Crippen LogP contribution in [0.25, 0.3) is 10.9 Å². The Morgan fingerprint density at radius 2 is 2.00 bits per heavy atom. The third kappa shape index (κ3) is 3.92. The first-order chi connectivity index (χ1) is 13.1. The maximum Gasteiger partial charge on any atom is 0.256 e. The van der Waals surface area contributed by atoms with Gasteiger partial charge in [-0.25, -0.2) is 0 Å². The van der Waals surface area contributed by atoms with Crippen LogP contribution in [0.15, 0.2) is 35.3 Å². The van der Waals surface area contributed by atoms with E-state index in [2.05, 4.69) is 10.2 Å². The van der Waals surface area contributed by atoms with Gasteiger partial charge >= 0.3 is 0 Å². The lowest BCUT2D eigenvalue weighted by Gasteiger charge is -2.33. The molecule has 1 amide bonds. The molecule has 0 unspecified atom stereocenters. The summed E-state index contributed by atoms with van der Waals surface area (Å²) in [7, 11) is 1.86. The number of hydrogen-bond donors (Lipinski definition) is 1. The van der Waals surface area contributed by atoms with Crippen LogP contribution < -0.4 is 10.7 Å². The zero-order chi connectivity index (χ0) is 18.8. The summed E-state index contributed by atoms with van der Waals surface area (Å²) in [6.07, 6.45) is 6.15. The zero-order valence-corrected chi connectivity index (χ0v) is 15.8. The summed E-state index contributed by atoms with van der Waals surface area (Å²) in [5.41, 5.74) is 0.858. The van der Waals surface area contributed by atoms with Crippen molar-refractivity contribution in [2.45, 2.75) is 37.8 Å². The van der Waals surface area contributed by atoms with Crippen molar-refractivity contribution in [3.05, 3.63) is 46.2 Å². The van der Waals surface area contributed by atoms with Gasteiger partial charge in [-0.3, -0.25) is 9.59 Å². The highest BCUT2D eigenvalue weighted by Crippen LogP contribution is 2.17. The number of likely N-dealkylation sites (tertiary alicyclic amines) is 1. The third-order valence-corrected chi connectivity index (χ3v) is 5.75. The largest absolute Gasteiger partial charge is 0.377 e. The van der Waals surface area contributed by atoms with E-state index in [1.165, 1.54) is 0 Å². The molecule has 2 fully saturated rings. The molecule has 2 aromatic rings. The van der Waals surface area contributed by atoms with Crippen LogP contribution in [0.2, 0.25) is 0 Å². The van der Waals surface area contributed by atoms with Gasteiger partial charge in [0.05, 0.1) is 11.6 Å². The molecule has 27 heavy (non-hydrogen) atoms. The number of aromatic nitrogens is 1. The van der Waals surface area contributed by atoms with Gasteiger partial charge in [-0.1, -0.05) is 12.1 Å². The van der Waals surface area contributed by atoms with Crippen molar-refractivity contribution < 1.29 is 9.53 Å². The summed E-state index contributed by atoms with van der Waals surface area (Å²) >= 11 is 0. The average Bonchev–Trinajstić information content (AvgIpc) is 3.19. The number of ether oxygens (including phenoxy) is 1. The maximum atomic E-state index is 12.7. The van der Waals surface area contributed by atoms with Gasteiger partial charge < -0.3 is 19.5 Å². The van der Waals surface area contributed by atoms with Crippen LogP contribution in [0.5, 0.6) is 0 Å². The number of benzene rings is 1. The van der Waals surface area contributed by atoms with E-state index in [0.29, 0.717) is 11.5 Å². The number of nitrogens with one attached hydrogen (secondary N) is 1. The van der Waals surface area contributed by atoms with Crippen LogP contribution in [0, 0.1) is 0 Å². The van der Waals surface area contributed by atoms with Crippen molar-refractivity contribution in [2.75, 3.05) is 26.2 Å². The number of fused-ring (bicyclic) bond motifs is 1. The lowest BCUT2D eigenvalue weighted by atomic mass is 10.0. The number of para-hydroxylation sites is 1. The van der Waals surface area contributed by atoms with Crippen LogP contribution in [-0.2, 0) is 11.8 Å². The van der Waals surface area contributed by atoms with Crippen molar-refractivity contribution >= 4 is 16.8 Å². The summed E-state index contributed by atoms with van der Waals surface area (Å²) < 4.78 is 7.56. The summed E-state index contributed by atoms with van der Waals surface area (Å²) in [5.74, 6) is -0.265. The fourth-order valence-electron chi connectivity index (χ4n) is 4.20. The number of hydrogen-bond acceptors (Lipinski definition) is 4. The highest BCUT2D eigenvalue weighted by Gasteiger charge is 2.25. The molecule has 0 aliphatic carbocycles. The number of rotatable bonds is 4. The number of piperidine rings is 1. The van der Waals surface area contributed by atoms with Gasteiger partial charge in [0.1, 0.15) is 5.56 Å². The van der Waals surface area contributed by atoms with Gasteiger partial charge in [0.2, 0.25) is 5.43 Å². The van der Waals surface area contributed by atoms with E-state index < -0.39 is 0 Å². The molecule has 1 N–H and O–H groups in total. The number of carbonyl (C=O) groups excluding carboxylic acids is 1.